The van der Waals surface area contributed by atoms with E-state index in [1.54, 1.807) is 45.0 Å². The van der Waals surface area contributed by atoms with E-state index in [1.165, 1.54) is 0 Å². The maximum Gasteiger partial charge on any atom is 0.326 e. The van der Waals surface area contributed by atoms with Gasteiger partial charge in [0.2, 0.25) is 5.91 Å². The third kappa shape index (κ3) is 4.91. The van der Waals surface area contributed by atoms with Gasteiger partial charge in [0.05, 0.1) is 6.42 Å². The summed E-state index contributed by atoms with van der Waals surface area (Å²) in [6.45, 7) is 5.32. The Kier molecular flexibility index (Phi) is 4.95. The number of hydrogen-bond donors (Lipinski definition) is 2. The lowest BCUT2D eigenvalue weighted by molar-refractivity contribution is -0.144. The van der Waals surface area contributed by atoms with Crippen molar-refractivity contribution in [2.24, 2.45) is 5.41 Å². The minimum absolute atomic E-state index is 0.136. The van der Waals surface area contributed by atoms with Gasteiger partial charge in [0.25, 0.3) is 0 Å². The van der Waals surface area contributed by atoms with Crippen molar-refractivity contribution in [1.82, 2.24) is 5.32 Å². The minimum Gasteiger partial charge on any atom is -0.480 e. The van der Waals surface area contributed by atoms with E-state index < -0.39 is 17.4 Å². The molecule has 1 aromatic rings. The lowest BCUT2D eigenvalue weighted by Crippen LogP contribution is -2.49. The second-order valence-corrected chi connectivity index (χ2v) is 5.94. The van der Waals surface area contributed by atoms with E-state index in [0.717, 1.165) is 5.56 Å². The zero-order valence-electron chi connectivity index (χ0n) is 11.2. The van der Waals surface area contributed by atoms with E-state index in [9.17, 15) is 9.59 Å². The largest absolute Gasteiger partial charge is 0.480 e. The maximum atomic E-state index is 11.9. The Labute approximate surface area is 117 Å². The molecule has 0 aliphatic heterocycles. The predicted octanol–water partition coefficient (Wildman–Crippen LogP) is 2.50. The fraction of sp³-hybridized carbons (Fsp3) is 0.429. The van der Waals surface area contributed by atoms with Crippen molar-refractivity contribution in [2.75, 3.05) is 0 Å². The molecule has 0 aliphatic rings. The Morgan fingerprint density at radius 1 is 1.26 bits per heavy atom. The van der Waals surface area contributed by atoms with Crippen LogP contribution in [0.25, 0.3) is 0 Å². The second kappa shape index (κ2) is 6.06. The van der Waals surface area contributed by atoms with E-state index in [0.29, 0.717) is 5.02 Å². The number of aliphatic carboxylic acids is 1. The molecule has 2 N–H and O–H groups in total. The summed E-state index contributed by atoms with van der Waals surface area (Å²) in [6.07, 6.45) is 0.136. The van der Waals surface area contributed by atoms with Gasteiger partial charge in [-0.1, -0.05) is 44.5 Å². The number of rotatable bonds is 4. The van der Waals surface area contributed by atoms with Crippen LogP contribution in [0.3, 0.4) is 0 Å². The van der Waals surface area contributed by atoms with Gasteiger partial charge in [0, 0.05) is 5.02 Å². The average molecular weight is 284 g/mol. The third-order valence-corrected chi connectivity index (χ3v) is 2.95. The van der Waals surface area contributed by atoms with Gasteiger partial charge in [-0.25, -0.2) is 4.79 Å². The zero-order valence-corrected chi connectivity index (χ0v) is 12.0. The van der Waals surface area contributed by atoms with Crippen LogP contribution < -0.4 is 5.32 Å². The van der Waals surface area contributed by atoms with Crippen LogP contribution in [0.4, 0.5) is 0 Å². The molecule has 1 rings (SSSR count). The number of amides is 1. The van der Waals surface area contributed by atoms with Crippen molar-refractivity contribution in [2.45, 2.75) is 33.2 Å². The van der Waals surface area contributed by atoms with Gasteiger partial charge >= 0.3 is 5.97 Å². The molecule has 0 saturated heterocycles. The van der Waals surface area contributed by atoms with Crippen molar-refractivity contribution >= 4 is 23.5 Å². The number of carbonyl (C=O) groups excluding carboxylic acids is 1. The van der Waals surface area contributed by atoms with Gasteiger partial charge in [-0.2, -0.15) is 0 Å². The lowest BCUT2D eigenvalue weighted by Gasteiger charge is -2.27. The molecule has 1 atom stereocenters. The van der Waals surface area contributed by atoms with Gasteiger partial charge in [-0.05, 0) is 23.1 Å². The third-order valence-electron chi connectivity index (χ3n) is 2.70. The maximum absolute atomic E-state index is 11.9. The summed E-state index contributed by atoms with van der Waals surface area (Å²) in [4.78, 5) is 23.0. The summed E-state index contributed by atoms with van der Waals surface area (Å²) < 4.78 is 0. The van der Waals surface area contributed by atoms with Crippen LogP contribution >= 0.6 is 11.6 Å². The van der Waals surface area contributed by atoms with Crippen LogP contribution in [-0.4, -0.2) is 23.0 Å². The van der Waals surface area contributed by atoms with Gasteiger partial charge in [0.1, 0.15) is 6.04 Å². The van der Waals surface area contributed by atoms with Crippen LogP contribution in [0, 0.1) is 5.41 Å². The van der Waals surface area contributed by atoms with E-state index in [2.05, 4.69) is 5.32 Å². The molecule has 0 heterocycles. The Balaban J connectivity index is 2.68. The molecule has 0 saturated carbocycles. The normalized spacial score (nSPS) is 12.8. The molecule has 104 valence electrons. The van der Waals surface area contributed by atoms with Crippen molar-refractivity contribution in [3.8, 4) is 0 Å². The van der Waals surface area contributed by atoms with E-state index >= 15 is 0 Å². The molecule has 0 fully saturated rings. The molecule has 0 aromatic heterocycles. The van der Waals surface area contributed by atoms with Crippen LogP contribution in [0.5, 0.6) is 0 Å². The van der Waals surface area contributed by atoms with Crippen molar-refractivity contribution in [1.29, 1.82) is 0 Å². The number of carbonyl (C=O) groups is 2. The fourth-order valence-electron chi connectivity index (χ4n) is 1.65. The monoisotopic (exact) mass is 283 g/mol. The molecule has 0 unspecified atom stereocenters. The summed E-state index contributed by atoms with van der Waals surface area (Å²) in [5.74, 6) is -1.35. The summed E-state index contributed by atoms with van der Waals surface area (Å²) in [7, 11) is 0. The molecule has 1 aromatic carbocycles. The summed E-state index contributed by atoms with van der Waals surface area (Å²) >= 11 is 5.76. The highest BCUT2D eigenvalue weighted by Gasteiger charge is 2.32. The molecule has 0 aliphatic carbocycles. The summed E-state index contributed by atoms with van der Waals surface area (Å²) in [5, 5.41) is 12.3. The SMILES string of the molecule is CC(C)(C)[C@H](NC(=O)Cc1ccc(Cl)cc1)C(=O)O. The Morgan fingerprint density at radius 3 is 2.21 bits per heavy atom. The first-order valence-corrected chi connectivity index (χ1v) is 6.34. The van der Waals surface area contributed by atoms with Crippen LogP contribution in [-0.2, 0) is 16.0 Å². The highest BCUT2D eigenvalue weighted by atomic mass is 35.5. The van der Waals surface area contributed by atoms with E-state index in [-0.39, 0.29) is 12.3 Å². The minimum atomic E-state index is -1.03. The molecule has 4 nitrogen and oxygen atoms in total. The van der Waals surface area contributed by atoms with Gasteiger partial charge in [-0.3, -0.25) is 4.79 Å². The summed E-state index contributed by atoms with van der Waals surface area (Å²) in [6, 6.07) is 5.97. The van der Waals surface area contributed by atoms with Gasteiger partial charge < -0.3 is 10.4 Å². The number of benzene rings is 1. The number of halogens is 1. The first-order chi connectivity index (χ1) is 8.70. The fourth-order valence-corrected chi connectivity index (χ4v) is 1.77. The number of hydrogen-bond acceptors (Lipinski definition) is 2. The van der Waals surface area contributed by atoms with Gasteiger partial charge in [-0.15, -0.1) is 0 Å². The first kappa shape index (κ1) is 15.5. The topological polar surface area (TPSA) is 66.4 Å². The molecule has 19 heavy (non-hydrogen) atoms. The lowest BCUT2D eigenvalue weighted by atomic mass is 9.86. The van der Waals surface area contributed by atoms with Gasteiger partial charge in [0.15, 0.2) is 0 Å². The Bertz CT molecular complexity index is 463. The van der Waals surface area contributed by atoms with E-state index in [1.807, 2.05) is 0 Å². The quantitative estimate of drug-likeness (QED) is 0.892. The molecule has 0 spiro atoms. The molecule has 5 heteroatoms. The standard InChI is InChI=1S/C14H18ClNO3/c1-14(2,3)12(13(18)19)16-11(17)8-9-4-6-10(15)7-5-9/h4-7,12H,8H2,1-3H3,(H,16,17)(H,18,19)/t12-/m1/s1. The average Bonchev–Trinajstić information content (AvgIpc) is 2.27. The predicted molar refractivity (Wildman–Crippen MR) is 74.2 cm³/mol. The summed E-state index contributed by atoms with van der Waals surface area (Å²) in [5.41, 5.74) is 0.251. The highest BCUT2D eigenvalue weighted by molar-refractivity contribution is 6.30. The number of carboxylic acid groups (broad SMARTS) is 1. The van der Waals surface area contributed by atoms with E-state index in [4.69, 9.17) is 16.7 Å². The van der Waals surface area contributed by atoms with Crippen LogP contribution in [0.15, 0.2) is 24.3 Å². The van der Waals surface area contributed by atoms with Crippen LogP contribution in [0.1, 0.15) is 26.3 Å². The van der Waals surface area contributed by atoms with Crippen molar-refractivity contribution in [3.63, 3.8) is 0 Å². The Morgan fingerprint density at radius 2 is 1.79 bits per heavy atom. The molecule has 1 amide bonds. The molecular formula is C14H18ClNO3. The zero-order chi connectivity index (χ0) is 14.6. The number of carboxylic acids is 1. The smallest absolute Gasteiger partial charge is 0.326 e. The molecule has 0 radical (unpaired) electrons. The molecular weight excluding hydrogens is 266 g/mol. The number of nitrogens with one attached hydrogen (secondary N) is 1. The van der Waals surface area contributed by atoms with Crippen molar-refractivity contribution < 1.29 is 14.7 Å². The Hall–Kier alpha value is -1.55. The first-order valence-electron chi connectivity index (χ1n) is 5.97. The van der Waals surface area contributed by atoms with Crippen molar-refractivity contribution in [3.05, 3.63) is 34.9 Å². The molecule has 0 bridgehead atoms. The second-order valence-electron chi connectivity index (χ2n) is 5.51. The van der Waals surface area contributed by atoms with Crippen LogP contribution in [0.2, 0.25) is 5.02 Å². The highest BCUT2D eigenvalue weighted by Crippen LogP contribution is 2.19.